The molecule has 0 aliphatic carbocycles. The third-order valence-electron chi connectivity index (χ3n) is 3.39. The number of carbonyl (C=O) groups is 1. The van der Waals surface area contributed by atoms with Gasteiger partial charge in [0.2, 0.25) is 0 Å². The van der Waals surface area contributed by atoms with E-state index in [4.69, 9.17) is 10.5 Å². The van der Waals surface area contributed by atoms with E-state index < -0.39 is 0 Å². The quantitative estimate of drug-likeness (QED) is 0.713. The molecule has 4 nitrogen and oxygen atoms in total. The average Bonchev–Trinajstić information content (AvgIpc) is 2.62. The summed E-state index contributed by atoms with van der Waals surface area (Å²) in [7, 11) is 0. The van der Waals surface area contributed by atoms with Crippen LogP contribution in [0.25, 0.3) is 0 Å². The van der Waals surface area contributed by atoms with Crippen LogP contribution in [0.3, 0.4) is 0 Å². The number of ether oxygens (including phenoxy) is 1. The Morgan fingerprint density at radius 3 is 2.69 bits per heavy atom. The smallest absolute Gasteiger partial charge is 0.323 e. The lowest BCUT2D eigenvalue weighted by Crippen LogP contribution is -2.44. The fourth-order valence-electron chi connectivity index (χ4n) is 2.55. The highest BCUT2D eigenvalue weighted by atomic mass is 16.5. The Balaban J connectivity index is 2.62. The van der Waals surface area contributed by atoms with Gasteiger partial charge in [-0.05, 0) is 39.2 Å². The minimum Gasteiger partial charge on any atom is -0.465 e. The molecule has 1 aliphatic rings. The monoisotopic (exact) mass is 228 g/mol. The fraction of sp³-hybridized carbons (Fsp3) is 0.917. The van der Waals surface area contributed by atoms with Crippen LogP contribution in [0.5, 0.6) is 0 Å². The molecule has 3 unspecified atom stereocenters. The van der Waals surface area contributed by atoms with Gasteiger partial charge in [0.05, 0.1) is 6.61 Å². The van der Waals surface area contributed by atoms with Gasteiger partial charge in [-0.15, -0.1) is 0 Å². The van der Waals surface area contributed by atoms with Crippen molar-refractivity contribution in [3.63, 3.8) is 0 Å². The minimum atomic E-state index is -0.0912. The molecule has 4 heteroatoms. The molecule has 0 aromatic rings. The van der Waals surface area contributed by atoms with Gasteiger partial charge in [-0.1, -0.05) is 6.92 Å². The van der Waals surface area contributed by atoms with Crippen molar-refractivity contribution in [2.24, 2.45) is 11.7 Å². The molecule has 0 spiro atoms. The second kappa shape index (κ2) is 6.21. The molecule has 0 amide bonds. The van der Waals surface area contributed by atoms with Gasteiger partial charge in [0, 0.05) is 12.6 Å². The molecule has 94 valence electrons. The minimum absolute atomic E-state index is 0.0884. The maximum absolute atomic E-state index is 11.8. The van der Waals surface area contributed by atoms with Gasteiger partial charge in [0.15, 0.2) is 0 Å². The summed E-state index contributed by atoms with van der Waals surface area (Å²) < 4.78 is 5.11. The lowest BCUT2D eigenvalue weighted by atomic mass is 10.1. The zero-order chi connectivity index (χ0) is 12.1. The molecule has 1 aliphatic heterocycles. The molecule has 16 heavy (non-hydrogen) atoms. The van der Waals surface area contributed by atoms with Crippen LogP contribution in [0.1, 0.15) is 33.6 Å². The van der Waals surface area contributed by atoms with Gasteiger partial charge in [-0.2, -0.15) is 0 Å². The topological polar surface area (TPSA) is 55.6 Å². The summed E-state index contributed by atoms with van der Waals surface area (Å²) in [6.45, 7) is 8.13. The molecule has 0 aromatic heterocycles. The normalized spacial score (nSPS) is 28.0. The first-order chi connectivity index (χ1) is 7.63. The maximum atomic E-state index is 11.8. The van der Waals surface area contributed by atoms with Gasteiger partial charge in [-0.25, -0.2) is 0 Å². The first-order valence-corrected chi connectivity index (χ1v) is 6.26. The number of nitrogens with two attached hydrogens (primary N) is 1. The van der Waals surface area contributed by atoms with Crippen molar-refractivity contribution < 1.29 is 9.53 Å². The van der Waals surface area contributed by atoms with Crippen molar-refractivity contribution in [2.45, 2.75) is 45.7 Å². The Kier molecular flexibility index (Phi) is 5.22. The predicted molar refractivity (Wildman–Crippen MR) is 64.0 cm³/mol. The molecule has 3 atom stereocenters. The first kappa shape index (κ1) is 13.5. The number of hydrogen-bond acceptors (Lipinski definition) is 4. The zero-order valence-corrected chi connectivity index (χ0v) is 10.6. The molecule has 1 fully saturated rings. The highest BCUT2D eigenvalue weighted by Gasteiger charge is 2.36. The van der Waals surface area contributed by atoms with E-state index in [1.807, 2.05) is 13.8 Å². The maximum Gasteiger partial charge on any atom is 0.323 e. The Bertz CT molecular complexity index is 233. The number of esters is 1. The van der Waals surface area contributed by atoms with Gasteiger partial charge in [-0.3, -0.25) is 9.69 Å². The summed E-state index contributed by atoms with van der Waals surface area (Å²) in [6, 6.07) is 0.342. The van der Waals surface area contributed by atoms with Crippen LogP contribution in [-0.2, 0) is 9.53 Å². The first-order valence-electron chi connectivity index (χ1n) is 6.26. The third-order valence-corrected chi connectivity index (χ3v) is 3.39. The summed E-state index contributed by atoms with van der Waals surface area (Å²) in [5.74, 6) is 0.438. The van der Waals surface area contributed by atoms with Crippen molar-refractivity contribution in [1.29, 1.82) is 0 Å². The molecule has 1 heterocycles. The lowest BCUT2D eigenvalue weighted by Gasteiger charge is -2.28. The van der Waals surface area contributed by atoms with Crippen LogP contribution in [0, 0.1) is 5.92 Å². The lowest BCUT2D eigenvalue weighted by molar-refractivity contribution is -0.150. The van der Waals surface area contributed by atoms with E-state index in [2.05, 4.69) is 11.8 Å². The number of nitrogens with zero attached hydrogens (tertiary/aromatic N) is 1. The van der Waals surface area contributed by atoms with Gasteiger partial charge < -0.3 is 10.5 Å². The Hall–Kier alpha value is -0.610. The molecule has 1 rings (SSSR count). The third kappa shape index (κ3) is 2.95. The van der Waals surface area contributed by atoms with E-state index in [0.29, 0.717) is 25.1 Å². The van der Waals surface area contributed by atoms with Crippen molar-refractivity contribution in [3.8, 4) is 0 Å². The number of likely N-dealkylation sites (tertiary alicyclic amines) is 1. The van der Waals surface area contributed by atoms with Gasteiger partial charge in [0.25, 0.3) is 0 Å². The van der Waals surface area contributed by atoms with Crippen LogP contribution in [0.15, 0.2) is 0 Å². The van der Waals surface area contributed by atoms with E-state index in [1.165, 1.54) is 0 Å². The average molecular weight is 228 g/mol. The molecular formula is C12H24N2O2. The summed E-state index contributed by atoms with van der Waals surface area (Å²) in [6.07, 6.45) is 1.90. The SMILES string of the molecule is CCOC(=O)C(CC)N1CC(CN)CC1C. The Morgan fingerprint density at radius 1 is 1.56 bits per heavy atom. The fourth-order valence-corrected chi connectivity index (χ4v) is 2.55. The summed E-state index contributed by atoms with van der Waals surface area (Å²) >= 11 is 0. The molecule has 1 saturated heterocycles. The van der Waals surface area contributed by atoms with Crippen LogP contribution in [0.2, 0.25) is 0 Å². The van der Waals surface area contributed by atoms with Crippen molar-refractivity contribution in [1.82, 2.24) is 4.90 Å². The van der Waals surface area contributed by atoms with Gasteiger partial charge in [0.1, 0.15) is 6.04 Å². The molecule has 0 radical (unpaired) electrons. The second-order valence-electron chi connectivity index (χ2n) is 4.56. The molecular weight excluding hydrogens is 204 g/mol. The zero-order valence-electron chi connectivity index (χ0n) is 10.6. The van der Waals surface area contributed by atoms with Gasteiger partial charge >= 0.3 is 5.97 Å². The summed E-state index contributed by atoms with van der Waals surface area (Å²) in [4.78, 5) is 14.1. The summed E-state index contributed by atoms with van der Waals surface area (Å²) in [5, 5.41) is 0. The Morgan fingerprint density at radius 2 is 2.25 bits per heavy atom. The number of hydrogen-bond donors (Lipinski definition) is 1. The molecule has 0 saturated carbocycles. The van der Waals surface area contributed by atoms with Crippen molar-refractivity contribution in [2.75, 3.05) is 19.7 Å². The highest BCUT2D eigenvalue weighted by Crippen LogP contribution is 2.25. The number of carbonyl (C=O) groups excluding carboxylic acids is 1. The van der Waals surface area contributed by atoms with E-state index >= 15 is 0 Å². The van der Waals surface area contributed by atoms with E-state index in [1.54, 1.807) is 0 Å². The van der Waals surface area contributed by atoms with Crippen molar-refractivity contribution in [3.05, 3.63) is 0 Å². The van der Waals surface area contributed by atoms with Crippen LogP contribution in [-0.4, -0.2) is 42.6 Å². The van der Waals surface area contributed by atoms with E-state index in [9.17, 15) is 4.79 Å². The second-order valence-corrected chi connectivity index (χ2v) is 4.56. The molecule has 0 bridgehead atoms. The number of rotatable bonds is 5. The van der Waals surface area contributed by atoms with Crippen LogP contribution < -0.4 is 5.73 Å². The molecule has 0 aromatic carbocycles. The van der Waals surface area contributed by atoms with E-state index in [-0.39, 0.29) is 12.0 Å². The molecule has 2 N–H and O–H groups in total. The van der Waals surface area contributed by atoms with Crippen LogP contribution in [0.4, 0.5) is 0 Å². The largest absolute Gasteiger partial charge is 0.465 e. The standard InChI is InChI=1S/C12H24N2O2/c1-4-11(12(15)16-5-2)14-8-10(7-13)6-9(14)3/h9-11H,4-8,13H2,1-3H3. The predicted octanol–water partition coefficient (Wildman–Crippen LogP) is 0.997. The van der Waals surface area contributed by atoms with Crippen molar-refractivity contribution >= 4 is 5.97 Å². The van der Waals surface area contributed by atoms with E-state index in [0.717, 1.165) is 19.4 Å². The highest BCUT2D eigenvalue weighted by molar-refractivity contribution is 5.75. The van der Waals surface area contributed by atoms with Crippen LogP contribution >= 0.6 is 0 Å². The summed E-state index contributed by atoms with van der Waals surface area (Å²) in [5.41, 5.74) is 5.69. The Labute approximate surface area is 98.1 Å².